The second-order valence-electron chi connectivity index (χ2n) is 6.83. The van der Waals surface area contributed by atoms with Gasteiger partial charge in [0.25, 0.3) is 0 Å². The summed E-state index contributed by atoms with van der Waals surface area (Å²) in [4.78, 5) is 16.6. The van der Waals surface area contributed by atoms with Crippen molar-refractivity contribution in [2.45, 2.75) is 63.1 Å². The van der Waals surface area contributed by atoms with Crippen LogP contribution in [0.25, 0.3) is 0 Å². The minimum atomic E-state index is -4.37. The van der Waals surface area contributed by atoms with Crippen molar-refractivity contribution in [3.8, 4) is 0 Å². The molecule has 7 nitrogen and oxygen atoms in total. The van der Waals surface area contributed by atoms with Crippen molar-refractivity contribution >= 4 is 11.9 Å². The van der Waals surface area contributed by atoms with E-state index in [1.54, 1.807) is 7.11 Å². The molecule has 156 valence electrons. The molecule has 1 aliphatic heterocycles. The number of hydrazine groups is 1. The zero-order chi connectivity index (χ0) is 19.9. The van der Waals surface area contributed by atoms with Gasteiger partial charge in [-0.25, -0.2) is 15.2 Å². The van der Waals surface area contributed by atoms with E-state index in [0.29, 0.717) is 45.3 Å². The van der Waals surface area contributed by atoms with Gasteiger partial charge >= 0.3 is 6.18 Å². The van der Waals surface area contributed by atoms with Gasteiger partial charge in [0.2, 0.25) is 5.91 Å². The van der Waals surface area contributed by atoms with Crippen molar-refractivity contribution in [3.05, 3.63) is 0 Å². The van der Waals surface area contributed by atoms with E-state index in [4.69, 9.17) is 4.74 Å². The van der Waals surface area contributed by atoms with Crippen molar-refractivity contribution in [1.29, 1.82) is 0 Å². The lowest BCUT2D eigenvalue weighted by molar-refractivity contribution is -0.153. The molecule has 2 rings (SSSR count). The van der Waals surface area contributed by atoms with E-state index in [1.807, 2.05) is 0 Å². The molecule has 0 bridgehead atoms. The maximum Gasteiger partial charge on any atom is 0.405 e. The number of alkyl halides is 4. The monoisotopic (exact) mass is 397 g/mol. The minimum absolute atomic E-state index is 0.112. The topological polar surface area (TPSA) is 86.8 Å². The average molecular weight is 397 g/mol. The lowest BCUT2D eigenvalue weighted by atomic mass is 9.87. The van der Waals surface area contributed by atoms with Crippen molar-refractivity contribution in [3.63, 3.8) is 0 Å². The summed E-state index contributed by atoms with van der Waals surface area (Å²) in [6.45, 7) is 0.821. The minimum Gasteiger partial charge on any atom is -0.385 e. The number of nitrogens with zero attached hydrogens (tertiary/aromatic N) is 1. The van der Waals surface area contributed by atoms with Crippen LogP contribution in [0.5, 0.6) is 0 Å². The Morgan fingerprint density at radius 2 is 1.93 bits per heavy atom. The van der Waals surface area contributed by atoms with E-state index >= 15 is 0 Å². The predicted molar refractivity (Wildman–Crippen MR) is 91.4 cm³/mol. The Kier molecular flexibility index (Phi) is 8.24. The van der Waals surface area contributed by atoms with Crippen molar-refractivity contribution < 1.29 is 27.1 Å². The third kappa shape index (κ3) is 7.23. The second-order valence-corrected chi connectivity index (χ2v) is 6.83. The number of ether oxygens (including phenoxy) is 1. The summed E-state index contributed by atoms with van der Waals surface area (Å²) in [5.41, 5.74) is 4.70. The quantitative estimate of drug-likeness (QED) is 0.235. The highest BCUT2D eigenvalue weighted by atomic mass is 19.4. The van der Waals surface area contributed by atoms with Gasteiger partial charge < -0.3 is 10.1 Å². The normalized spacial score (nSPS) is 29.6. The van der Waals surface area contributed by atoms with Crippen LogP contribution in [0.15, 0.2) is 4.99 Å². The molecule has 0 radical (unpaired) electrons. The Labute approximate surface area is 155 Å². The van der Waals surface area contributed by atoms with Gasteiger partial charge in [0, 0.05) is 32.6 Å². The molecule has 1 aliphatic carbocycles. The molecule has 1 amide bonds. The molecule has 27 heavy (non-hydrogen) atoms. The fourth-order valence-electron chi connectivity index (χ4n) is 3.08. The fraction of sp³-hybridized carbons (Fsp3) is 0.875. The number of carbonyl (C=O) groups excluding carboxylic acids is 1. The molecule has 2 atom stereocenters. The molecule has 0 spiro atoms. The van der Waals surface area contributed by atoms with Crippen LogP contribution in [0.1, 0.15) is 38.5 Å². The number of halogens is 4. The first-order valence-electron chi connectivity index (χ1n) is 9.12. The van der Waals surface area contributed by atoms with Crippen molar-refractivity contribution in [1.82, 2.24) is 21.5 Å². The third-order valence-electron chi connectivity index (χ3n) is 4.65. The van der Waals surface area contributed by atoms with E-state index in [2.05, 4.69) is 26.5 Å². The number of aliphatic imine (C=N–C) groups is 1. The Bertz CT molecular complexity index is 510. The molecule has 2 aliphatic rings. The zero-order valence-electron chi connectivity index (χ0n) is 15.2. The van der Waals surface area contributed by atoms with Crippen molar-refractivity contribution in [2.75, 3.05) is 20.3 Å². The molecular formula is C16H27F4N5O2. The van der Waals surface area contributed by atoms with Gasteiger partial charge in [-0.2, -0.15) is 13.2 Å². The van der Waals surface area contributed by atoms with Gasteiger partial charge in [-0.3, -0.25) is 15.1 Å². The molecule has 0 aromatic heterocycles. The highest BCUT2D eigenvalue weighted by Gasteiger charge is 2.44. The third-order valence-corrected chi connectivity index (χ3v) is 4.65. The SMILES string of the molecule is COCCCN=C(NC(=O)C1CCC(F)CC1)NC1CC(C(F)(F)F)NN1. The zero-order valence-corrected chi connectivity index (χ0v) is 15.2. The summed E-state index contributed by atoms with van der Waals surface area (Å²) in [7, 11) is 1.55. The number of methoxy groups -OCH3 is 1. The summed E-state index contributed by atoms with van der Waals surface area (Å²) in [5.74, 6) is -0.501. The number of guanidine groups is 1. The number of hydrogen-bond acceptors (Lipinski definition) is 5. The number of rotatable bonds is 6. The first kappa shape index (κ1) is 21.8. The molecule has 1 heterocycles. The highest BCUT2D eigenvalue weighted by molar-refractivity contribution is 5.98. The summed E-state index contributed by atoms with van der Waals surface area (Å²) in [6, 6.07) is -1.68. The lowest BCUT2D eigenvalue weighted by Gasteiger charge is -2.24. The van der Waals surface area contributed by atoms with Gasteiger partial charge in [0.15, 0.2) is 5.96 Å². The average Bonchev–Trinajstić information content (AvgIpc) is 3.08. The molecule has 2 unspecified atom stereocenters. The van der Waals surface area contributed by atoms with Crippen LogP contribution in [0.4, 0.5) is 17.6 Å². The largest absolute Gasteiger partial charge is 0.405 e. The van der Waals surface area contributed by atoms with Gasteiger partial charge in [-0.1, -0.05) is 0 Å². The van der Waals surface area contributed by atoms with E-state index in [0.717, 1.165) is 0 Å². The van der Waals surface area contributed by atoms with Gasteiger partial charge in [-0.05, 0) is 32.1 Å². The number of amides is 1. The van der Waals surface area contributed by atoms with E-state index in [-0.39, 0.29) is 24.2 Å². The molecule has 1 saturated carbocycles. The van der Waals surface area contributed by atoms with E-state index in [9.17, 15) is 22.4 Å². The van der Waals surface area contributed by atoms with Crippen LogP contribution in [-0.2, 0) is 9.53 Å². The van der Waals surface area contributed by atoms with Gasteiger partial charge in [0.05, 0.1) is 6.17 Å². The first-order valence-corrected chi connectivity index (χ1v) is 9.12. The maximum atomic E-state index is 13.2. The summed E-state index contributed by atoms with van der Waals surface area (Å²) < 4.78 is 56.5. The summed E-state index contributed by atoms with van der Waals surface area (Å²) >= 11 is 0. The second kappa shape index (κ2) is 10.2. The number of carbonyl (C=O) groups is 1. The molecule has 1 saturated heterocycles. The van der Waals surface area contributed by atoms with Gasteiger partial charge in [-0.15, -0.1) is 0 Å². The standard InChI is InChI=1S/C16H27F4N5O2/c1-27-8-2-7-21-15(22-13-9-12(24-25-13)16(18,19)20)23-14(26)10-3-5-11(17)6-4-10/h10-13,24-25H,2-9H2,1H3,(H2,21,22,23,26). The van der Waals surface area contributed by atoms with Crippen molar-refractivity contribution in [2.24, 2.45) is 10.9 Å². The van der Waals surface area contributed by atoms with Crippen LogP contribution in [-0.4, -0.2) is 56.7 Å². The van der Waals surface area contributed by atoms with Gasteiger partial charge in [0.1, 0.15) is 12.2 Å². The molecule has 4 N–H and O–H groups in total. The molecule has 2 fully saturated rings. The number of nitrogens with one attached hydrogen (secondary N) is 4. The smallest absolute Gasteiger partial charge is 0.385 e. The van der Waals surface area contributed by atoms with Crippen LogP contribution < -0.4 is 21.5 Å². The fourth-order valence-corrected chi connectivity index (χ4v) is 3.08. The lowest BCUT2D eigenvalue weighted by Crippen LogP contribution is -2.52. The molecule has 0 aromatic rings. The van der Waals surface area contributed by atoms with Crippen LogP contribution in [0, 0.1) is 5.92 Å². The van der Waals surface area contributed by atoms with Crippen LogP contribution in [0.2, 0.25) is 0 Å². The Hall–Kier alpha value is -1.46. The Morgan fingerprint density at radius 1 is 1.22 bits per heavy atom. The highest BCUT2D eigenvalue weighted by Crippen LogP contribution is 2.26. The number of hydrogen-bond donors (Lipinski definition) is 4. The predicted octanol–water partition coefficient (Wildman–Crippen LogP) is 1.37. The summed E-state index contributed by atoms with van der Waals surface area (Å²) in [6.07, 6.45) is -4.04. The van der Waals surface area contributed by atoms with E-state index in [1.165, 1.54) is 0 Å². The molecule has 0 aromatic carbocycles. The molecule has 11 heteroatoms. The summed E-state index contributed by atoms with van der Waals surface area (Å²) in [5, 5.41) is 5.45. The Morgan fingerprint density at radius 3 is 2.52 bits per heavy atom. The first-order chi connectivity index (χ1) is 12.8. The maximum absolute atomic E-state index is 13.2. The Balaban J connectivity index is 1.91. The van der Waals surface area contributed by atoms with Crippen LogP contribution in [0.3, 0.4) is 0 Å². The molecular weight excluding hydrogens is 370 g/mol. The van der Waals surface area contributed by atoms with E-state index < -0.39 is 24.6 Å². The van der Waals surface area contributed by atoms with Crippen LogP contribution >= 0.6 is 0 Å².